The summed E-state index contributed by atoms with van der Waals surface area (Å²) in [6.45, 7) is -0.185. The highest BCUT2D eigenvalue weighted by atomic mass is 32.2. The number of rotatable bonds is 9. The molecule has 1 amide bonds. The van der Waals surface area contributed by atoms with Crippen molar-refractivity contribution in [3.05, 3.63) is 54.0 Å². The number of hydrogen-bond acceptors (Lipinski definition) is 7. The van der Waals surface area contributed by atoms with E-state index >= 15 is 0 Å². The van der Waals surface area contributed by atoms with Gasteiger partial charge in [0.05, 0.1) is 35.8 Å². The molecular formula is C19H21N3O6S. The summed E-state index contributed by atoms with van der Waals surface area (Å²) >= 11 is 0. The second kappa shape index (κ2) is 9.86. The summed E-state index contributed by atoms with van der Waals surface area (Å²) in [6.07, 6.45) is 1.60. The Morgan fingerprint density at radius 2 is 1.86 bits per heavy atom. The van der Waals surface area contributed by atoms with Gasteiger partial charge in [-0.3, -0.25) is 4.79 Å². The molecule has 0 unspecified atom stereocenters. The summed E-state index contributed by atoms with van der Waals surface area (Å²) in [7, 11) is -0.792. The molecule has 1 aromatic carbocycles. The van der Waals surface area contributed by atoms with Crippen LogP contribution in [-0.2, 0) is 26.1 Å². The molecule has 0 bridgehead atoms. The third-order valence-electron chi connectivity index (χ3n) is 3.97. The van der Waals surface area contributed by atoms with Crippen LogP contribution in [-0.4, -0.2) is 56.7 Å². The first-order valence-electron chi connectivity index (χ1n) is 8.62. The molecule has 0 saturated heterocycles. The predicted molar refractivity (Wildman–Crippen MR) is 102 cm³/mol. The number of ether oxygens (including phenoxy) is 1. The number of hydrogen-bond donors (Lipinski definition) is 0. The van der Waals surface area contributed by atoms with Crippen LogP contribution in [0.25, 0.3) is 0 Å². The van der Waals surface area contributed by atoms with E-state index in [1.54, 1.807) is 12.1 Å². The molecule has 0 saturated carbocycles. The summed E-state index contributed by atoms with van der Waals surface area (Å²) in [5.74, 6) is -0.692. The summed E-state index contributed by atoms with van der Waals surface area (Å²) in [4.78, 5) is 26.0. The van der Waals surface area contributed by atoms with Crippen LogP contribution in [0.2, 0.25) is 0 Å². The first kappa shape index (κ1) is 22.1. The molecular weight excluding hydrogens is 398 g/mol. The molecule has 0 fully saturated rings. The molecule has 1 heterocycles. The van der Waals surface area contributed by atoms with E-state index in [2.05, 4.69) is 0 Å². The van der Waals surface area contributed by atoms with Crippen LogP contribution in [0.15, 0.2) is 52.0 Å². The third-order valence-corrected chi connectivity index (χ3v) is 5.80. The number of furan rings is 1. The van der Waals surface area contributed by atoms with Crippen molar-refractivity contribution < 1.29 is 27.2 Å². The van der Waals surface area contributed by atoms with Crippen molar-refractivity contribution in [1.82, 2.24) is 9.21 Å². The fraction of sp³-hybridized carbons (Fsp3) is 0.316. The maximum absolute atomic E-state index is 12.4. The highest BCUT2D eigenvalue weighted by Crippen LogP contribution is 2.15. The fourth-order valence-electron chi connectivity index (χ4n) is 2.34. The first-order valence-corrected chi connectivity index (χ1v) is 10.1. The molecule has 2 aromatic rings. The molecule has 0 aliphatic heterocycles. The van der Waals surface area contributed by atoms with Gasteiger partial charge >= 0.3 is 5.97 Å². The highest BCUT2D eigenvalue weighted by Gasteiger charge is 2.20. The third kappa shape index (κ3) is 5.91. The quantitative estimate of drug-likeness (QED) is 0.566. The van der Waals surface area contributed by atoms with Crippen LogP contribution in [0, 0.1) is 11.3 Å². The molecule has 0 aliphatic carbocycles. The number of carbonyl (C=O) groups excluding carboxylic acids is 2. The molecule has 0 atom stereocenters. The number of esters is 1. The molecule has 0 spiro atoms. The van der Waals surface area contributed by atoms with Crippen LogP contribution >= 0.6 is 0 Å². The van der Waals surface area contributed by atoms with Crippen molar-refractivity contribution >= 4 is 21.9 Å². The normalized spacial score (nSPS) is 11.1. The average Bonchev–Trinajstić information content (AvgIpc) is 3.22. The Bertz CT molecular complexity index is 976. The molecule has 29 heavy (non-hydrogen) atoms. The van der Waals surface area contributed by atoms with Crippen molar-refractivity contribution in [2.75, 3.05) is 27.2 Å². The van der Waals surface area contributed by atoms with E-state index < -0.39 is 28.5 Å². The van der Waals surface area contributed by atoms with Gasteiger partial charge in [-0.25, -0.2) is 17.5 Å². The number of nitriles is 1. The number of carbonyl (C=O) groups is 2. The van der Waals surface area contributed by atoms with E-state index in [4.69, 9.17) is 14.4 Å². The van der Waals surface area contributed by atoms with Gasteiger partial charge < -0.3 is 14.1 Å². The largest absolute Gasteiger partial charge is 0.467 e. The van der Waals surface area contributed by atoms with Crippen LogP contribution < -0.4 is 0 Å². The molecule has 0 aliphatic rings. The number of benzene rings is 1. The van der Waals surface area contributed by atoms with Crippen molar-refractivity contribution in [2.45, 2.75) is 17.9 Å². The fourth-order valence-corrected chi connectivity index (χ4v) is 3.24. The lowest BCUT2D eigenvalue weighted by Gasteiger charge is -2.20. The van der Waals surface area contributed by atoms with E-state index in [-0.39, 0.29) is 30.0 Å². The topological polar surface area (TPSA) is 121 Å². The zero-order valence-corrected chi connectivity index (χ0v) is 16.9. The monoisotopic (exact) mass is 419 g/mol. The zero-order valence-electron chi connectivity index (χ0n) is 16.1. The van der Waals surface area contributed by atoms with Gasteiger partial charge in [-0.15, -0.1) is 0 Å². The average molecular weight is 419 g/mol. The van der Waals surface area contributed by atoms with Gasteiger partial charge in [0.2, 0.25) is 10.0 Å². The lowest BCUT2D eigenvalue weighted by molar-refractivity contribution is -0.135. The highest BCUT2D eigenvalue weighted by molar-refractivity contribution is 7.89. The van der Waals surface area contributed by atoms with E-state index in [9.17, 15) is 18.0 Å². The Hall–Kier alpha value is -3.16. The molecule has 1 aromatic heterocycles. The maximum atomic E-state index is 12.4. The SMILES string of the molecule is CN(C)S(=O)(=O)c1ccc(C(=O)OCC(=O)N(CCC#N)Cc2ccco2)cc1. The number of sulfonamides is 1. The Balaban J connectivity index is 1.99. The molecule has 10 heteroatoms. The zero-order chi connectivity index (χ0) is 21.4. The number of amides is 1. The van der Waals surface area contributed by atoms with Gasteiger partial charge in [0, 0.05) is 20.6 Å². The predicted octanol–water partition coefficient (Wildman–Crippen LogP) is 1.63. The van der Waals surface area contributed by atoms with Crippen molar-refractivity contribution in [1.29, 1.82) is 5.26 Å². The summed E-state index contributed by atoms with van der Waals surface area (Å²) < 4.78 is 35.4. The summed E-state index contributed by atoms with van der Waals surface area (Å²) in [5.41, 5.74) is 0.116. The van der Waals surface area contributed by atoms with E-state index in [0.29, 0.717) is 5.76 Å². The molecule has 154 valence electrons. The summed E-state index contributed by atoms with van der Waals surface area (Å²) in [6, 6.07) is 10.6. The first-order chi connectivity index (χ1) is 13.8. The minimum Gasteiger partial charge on any atom is -0.467 e. The standard InChI is InChI=1S/C19H21N3O6S/c1-21(2)29(25,26)17-8-6-15(7-9-17)19(24)28-14-18(23)22(11-4-10-20)13-16-5-3-12-27-16/h3,5-9,12H,4,11,13-14H2,1-2H3. The van der Waals surface area contributed by atoms with Gasteiger partial charge in [-0.1, -0.05) is 0 Å². The smallest absolute Gasteiger partial charge is 0.338 e. The van der Waals surface area contributed by atoms with Crippen molar-refractivity contribution in [2.24, 2.45) is 0 Å². The van der Waals surface area contributed by atoms with E-state index in [0.717, 1.165) is 4.31 Å². The Morgan fingerprint density at radius 3 is 2.41 bits per heavy atom. The van der Waals surface area contributed by atoms with Crippen LogP contribution in [0.1, 0.15) is 22.5 Å². The van der Waals surface area contributed by atoms with Gasteiger partial charge in [0.25, 0.3) is 5.91 Å². The second-order valence-corrected chi connectivity index (χ2v) is 8.34. The van der Waals surface area contributed by atoms with Crippen LogP contribution in [0.4, 0.5) is 0 Å². The molecule has 2 rings (SSSR count). The van der Waals surface area contributed by atoms with Gasteiger partial charge in [-0.2, -0.15) is 5.26 Å². The van der Waals surface area contributed by atoms with Crippen LogP contribution in [0.5, 0.6) is 0 Å². The van der Waals surface area contributed by atoms with Crippen LogP contribution in [0.3, 0.4) is 0 Å². The Morgan fingerprint density at radius 1 is 1.17 bits per heavy atom. The second-order valence-electron chi connectivity index (χ2n) is 6.19. The molecule has 9 nitrogen and oxygen atoms in total. The van der Waals surface area contributed by atoms with Gasteiger partial charge in [-0.05, 0) is 36.4 Å². The minimum atomic E-state index is -3.60. The Kier molecular flexibility index (Phi) is 7.52. The van der Waals surface area contributed by atoms with Gasteiger partial charge in [0.15, 0.2) is 6.61 Å². The van der Waals surface area contributed by atoms with Crippen molar-refractivity contribution in [3.8, 4) is 6.07 Å². The molecule has 0 N–H and O–H groups in total. The van der Waals surface area contributed by atoms with E-state index in [1.165, 1.54) is 49.5 Å². The Labute approximate surface area is 169 Å². The number of nitrogens with zero attached hydrogens (tertiary/aromatic N) is 3. The lowest BCUT2D eigenvalue weighted by atomic mass is 10.2. The van der Waals surface area contributed by atoms with Crippen molar-refractivity contribution in [3.63, 3.8) is 0 Å². The lowest BCUT2D eigenvalue weighted by Crippen LogP contribution is -2.35. The van der Waals surface area contributed by atoms with Gasteiger partial charge in [0.1, 0.15) is 5.76 Å². The maximum Gasteiger partial charge on any atom is 0.338 e. The summed E-state index contributed by atoms with van der Waals surface area (Å²) in [5, 5.41) is 8.76. The van der Waals surface area contributed by atoms with E-state index in [1.807, 2.05) is 6.07 Å². The molecule has 0 radical (unpaired) electrons. The minimum absolute atomic E-state index is 0.0382.